The van der Waals surface area contributed by atoms with Gasteiger partial charge in [0.25, 0.3) is 0 Å². The Hall–Kier alpha value is -2.53. The van der Waals surface area contributed by atoms with Crippen molar-refractivity contribution in [2.24, 2.45) is 0 Å². The molecule has 5 nitrogen and oxygen atoms in total. The molecule has 136 valence electrons. The average molecular weight is 352 g/mol. The molecule has 0 unspecified atom stereocenters. The molecule has 1 aromatic carbocycles. The largest absolute Gasteiger partial charge is 0.478 e. The van der Waals surface area contributed by atoms with Gasteiger partial charge in [0, 0.05) is 23.4 Å². The van der Waals surface area contributed by atoms with E-state index in [9.17, 15) is 4.79 Å². The van der Waals surface area contributed by atoms with Gasteiger partial charge in [-0.3, -0.25) is 0 Å². The third kappa shape index (κ3) is 3.03. The summed E-state index contributed by atoms with van der Waals surface area (Å²) in [5, 5.41) is 9.00. The van der Waals surface area contributed by atoms with E-state index in [0.29, 0.717) is 18.0 Å². The second kappa shape index (κ2) is 6.02. The van der Waals surface area contributed by atoms with Gasteiger partial charge in [-0.25, -0.2) is 14.8 Å². The zero-order valence-corrected chi connectivity index (χ0v) is 15.9. The lowest BCUT2D eigenvalue weighted by atomic mass is 9.74. The van der Waals surface area contributed by atoms with Crippen LogP contribution in [0.2, 0.25) is 0 Å². The first-order chi connectivity index (χ1) is 12.0. The second-order valence-corrected chi connectivity index (χ2v) is 7.97. The van der Waals surface area contributed by atoms with E-state index in [2.05, 4.69) is 56.4 Å². The Kier molecular flexibility index (Phi) is 4.23. The fraction of sp³-hybridized carbons (Fsp3) is 0.381. The van der Waals surface area contributed by atoms with Crippen molar-refractivity contribution in [2.75, 3.05) is 6.61 Å². The van der Waals surface area contributed by atoms with E-state index in [1.165, 1.54) is 23.5 Å². The third-order valence-electron chi connectivity index (χ3n) is 5.03. The summed E-state index contributed by atoms with van der Waals surface area (Å²) in [4.78, 5) is 19.3. The lowest BCUT2D eigenvalue weighted by molar-refractivity contribution is -0.0588. The number of aromatic nitrogens is 2. The Labute approximate surface area is 153 Å². The van der Waals surface area contributed by atoms with Gasteiger partial charge in [-0.1, -0.05) is 26.5 Å². The van der Waals surface area contributed by atoms with Gasteiger partial charge in [0.05, 0.1) is 17.8 Å². The smallest absolute Gasteiger partial charge is 0.338 e. The van der Waals surface area contributed by atoms with Gasteiger partial charge in [0.1, 0.15) is 0 Å². The first kappa shape index (κ1) is 18.3. The highest BCUT2D eigenvalue weighted by Gasteiger charge is 2.38. The third-order valence-corrected chi connectivity index (χ3v) is 5.03. The number of ether oxygens (including phenoxy) is 1. The fourth-order valence-corrected chi connectivity index (χ4v) is 3.32. The van der Waals surface area contributed by atoms with E-state index in [4.69, 9.17) is 9.84 Å². The number of hydrogen-bond donors (Lipinski definition) is 1. The zero-order valence-electron chi connectivity index (χ0n) is 15.9. The Balaban J connectivity index is 2.09. The van der Waals surface area contributed by atoms with Crippen LogP contribution in [0.5, 0.6) is 0 Å². The Morgan fingerprint density at radius 3 is 2.35 bits per heavy atom. The predicted octanol–water partition coefficient (Wildman–Crippen LogP) is 4.09. The number of carbonyl (C=O) groups is 1. The number of benzene rings is 1. The number of carboxylic acid groups (broad SMARTS) is 1. The van der Waals surface area contributed by atoms with Gasteiger partial charge in [0.15, 0.2) is 5.82 Å². The van der Waals surface area contributed by atoms with Crippen LogP contribution in [0, 0.1) is 6.92 Å². The number of fused-ring (bicyclic) bond motifs is 1. The van der Waals surface area contributed by atoms with Crippen LogP contribution in [-0.4, -0.2) is 27.7 Å². The van der Waals surface area contributed by atoms with E-state index < -0.39 is 5.97 Å². The van der Waals surface area contributed by atoms with Crippen LogP contribution in [0.25, 0.3) is 5.57 Å². The van der Waals surface area contributed by atoms with Crippen molar-refractivity contribution in [3.05, 3.63) is 64.7 Å². The summed E-state index contributed by atoms with van der Waals surface area (Å²) in [6.45, 7) is 15.3. The van der Waals surface area contributed by atoms with Crippen LogP contribution >= 0.6 is 0 Å². The molecule has 0 saturated carbocycles. The molecular weight excluding hydrogens is 328 g/mol. The highest BCUT2D eigenvalue weighted by atomic mass is 16.5. The normalized spacial score (nSPS) is 17.4. The van der Waals surface area contributed by atoms with Crippen molar-refractivity contribution in [1.29, 1.82) is 0 Å². The van der Waals surface area contributed by atoms with Crippen LogP contribution in [0.4, 0.5) is 0 Å². The number of carboxylic acids is 1. The fourth-order valence-electron chi connectivity index (χ4n) is 3.32. The summed E-state index contributed by atoms with van der Waals surface area (Å²) in [7, 11) is 0. The first-order valence-corrected chi connectivity index (χ1v) is 8.57. The van der Waals surface area contributed by atoms with Crippen molar-refractivity contribution < 1.29 is 14.6 Å². The molecule has 0 radical (unpaired) electrons. The van der Waals surface area contributed by atoms with Gasteiger partial charge in [0.2, 0.25) is 0 Å². The Morgan fingerprint density at radius 2 is 1.77 bits per heavy atom. The zero-order chi connectivity index (χ0) is 19.3. The van der Waals surface area contributed by atoms with Crippen LogP contribution in [0.15, 0.2) is 31.1 Å². The Bertz CT molecular complexity index is 896. The van der Waals surface area contributed by atoms with Crippen LogP contribution in [-0.2, 0) is 15.8 Å². The first-order valence-electron chi connectivity index (χ1n) is 8.57. The van der Waals surface area contributed by atoms with Gasteiger partial charge in [-0.15, -0.1) is 0 Å². The molecule has 0 spiro atoms. The van der Waals surface area contributed by atoms with Crippen molar-refractivity contribution in [3.8, 4) is 0 Å². The number of nitrogens with zero attached hydrogens (tertiary/aromatic N) is 2. The quantitative estimate of drug-likeness (QED) is 0.901. The molecule has 1 aromatic heterocycles. The summed E-state index contributed by atoms with van der Waals surface area (Å²) in [5.41, 5.74) is 4.75. The van der Waals surface area contributed by atoms with Gasteiger partial charge in [-0.2, -0.15) is 0 Å². The van der Waals surface area contributed by atoms with E-state index in [-0.39, 0.29) is 16.6 Å². The molecule has 0 amide bonds. The van der Waals surface area contributed by atoms with Crippen LogP contribution in [0.3, 0.4) is 0 Å². The van der Waals surface area contributed by atoms with E-state index >= 15 is 0 Å². The highest BCUT2D eigenvalue weighted by molar-refractivity contribution is 5.87. The maximum absolute atomic E-state index is 11.0. The highest BCUT2D eigenvalue weighted by Crippen LogP contribution is 2.43. The lowest BCUT2D eigenvalue weighted by Gasteiger charge is -2.42. The molecule has 26 heavy (non-hydrogen) atoms. The molecule has 1 N–H and O–H groups in total. The average Bonchev–Trinajstić information content (AvgIpc) is 2.58. The summed E-state index contributed by atoms with van der Waals surface area (Å²) >= 11 is 0. The molecule has 1 aliphatic heterocycles. The summed E-state index contributed by atoms with van der Waals surface area (Å²) < 4.78 is 6.08. The molecule has 2 aromatic rings. The molecule has 1 aliphatic rings. The lowest BCUT2D eigenvalue weighted by Crippen LogP contribution is -2.40. The number of rotatable bonds is 3. The maximum Gasteiger partial charge on any atom is 0.338 e. The van der Waals surface area contributed by atoms with Crippen molar-refractivity contribution in [1.82, 2.24) is 9.97 Å². The monoisotopic (exact) mass is 352 g/mol. The predicted molar refractivity (Wildman–Crippen MR) is 100 cm³/mol. The molecule has 0 saturated heterocycles. The molecule has 3 rings (SSSR count). The number of aryl methyl sites for hydroxylation is 1. The minimum Gasteiger partial charge on any atom is -0.478 e. The van der Waals surface area contributed by atoms with Crippen LogP contribution in [0.1, 0.15) is 66.1 Å². The van der Waals surface area contributed by atoms with E-state index in [0.717, 1.165) is 11.1 Å². The van der Waals surface area contributed by atoms with Crippen molar-refractivity contribution in [2.45, 2.75) is 45.6 Å². The molecule has 0 fully saturated rings. The topological polar surface area (TPSA) is 72.3 Å². The standard InChI is InChI=1S/C21H24N2O3/c1-12-7-17-16(20(3,4)11-26-21(17,5)6)8-15(12)13(2)18-22-9-14(10-23-18)19(24)25/h7-10H,2,11H2,1,3-6H3,(H,24,25). The summed E-state index contributed by atoms with van der Waals surface area (Å²) in [6.07, 6.45) is 2.62. The molecular formula is C21H24N2O3. The summed E-state index contributed by atoms with van der Waals surface area (Å²) in [5.74, 6) is -0.613. The summed E-state index contributed by atoms with van der Waals surface area (Å²) in [6, 6.07) is 4.31. The number of hydrogen-bond acceptors (Lipinski definition) is 4. The van der Waals surface area contributed by atoms with Gasteiger partial charge < -0.3 is 9.84 Å². The minimum absolute atomic E-state index is 0.0590. The SMILES string of the molecule is C=C(c1ncc(C(=O)O)cn1)c1cc2c(cc1C)C(C)(C)OCC2(C)C. The molecule has 0 atom stereocenters. The van der Waals surface area contributed by atoms with Gasteiger partial charge in [-0.05, 0) is 49.1 Å². The maximum atomic E-state index is 11.0. The van der Waals surface area contributed by atoms with Gasteiger partial charge >= 0.3 is 5.97 Å². The van der Waals surface area contributed by atoms with Crippen molar-refractivity contribution in [3.63, 3.8) is 0 Å². The molecule has 5 heteroatoms. The molecule has 0 bridgehead atoms. The van der Waals surface area contributed by atoms with Crippen molar-refractivity contribution >= 4 is 11.5 Å². The number of aromatic carboxylic acids is 1. The molecule has 2 heterocycles. The second-order valence-electron chi connectivity index (χ2n) is 7.97. The molecule has 0 aliphatic carbocycles. The minimum atomic E-state index is -1.05. The Morgan fingerprint density at radius 1 is 1.15 bits per heavy atom. The van der Waals surface area contributed by atoms with Crippen LogP contribution < -0.4 is 0 Å². The van der Waals surface area contributed by atoms with E-state index in [1.807, 2.05) is 6.92 Å². The van der Waals surface area contributed by atoms with E-state index in [1.54, 1.807) is 0 Å².